The monoisotopic (exact) mass is 356 g/mol. The molecule has 2 heterocycles. The number of nitrogens with two attached hydrogens (primary N) is 1. The van der Waals surface area contributed by atoms with E-state index < -0.39 is 6.04 Å². The van der Waals surface area contributed by atoms with Crippen LogP contribution in [0.2, 0.25) is 0 Å². The van der Waals surface area contributed by atoms with Gasteiger partial charge in [-0.05, 0) is 24.3 Å². The summed E-state index contributed by atoms with van der Waals surface area (Å²) in [6, 6.07) is 9.68. The molecule has 0 aliphatic carbocycles. The Morgan fingerprint density at radius 3 is 2.96 bits per heavy atom. The lowest BCUT2D eigenvalue weighted by molar-refractivity contribution is -0.134. The third-order valence-electron chi connectivity index (χ3n) is 4.87. The number of likely N-dealkylation sites (tertiary alicyclic amines) is 1. The second-order valence-electron chi connectivity index (χ2n) is 7.08. The highest BCUT2D eigenvalue weighted by atomic mass is 16.5. The predicted octanol–water partition coefficient (Wildman–Crippen LogP) is 1.69. The lowest BCUT2D eigenvalue weighted by Gasteiger charge is -2.33. The van der Waals surface area contributed by atoms with Crippen LogP contribution in [0.25, 0.3) is 0 Å². The van der Waals surface area contributed by atoms with Gasteiger partial charge in [-0.1, -0.05) is 30.3 Å². The summed E-state index contributed by atoms with van der Waals surface area (Å²) in [5, 5.41) is 0. The summed E-state index contributed by atoms with van der Waals surface area (Å²) < 4.78 is 7.26. The van der Waals surface area contributed by atoms with Crippen molar-refractivity contribution < 1.29 is 9.53 Å². The van der Waals surface area contributed by atoms with Gasteiger partial charge in [-0.3, -0.25) is 4.79 Å². The van der Waals surface area contributed by atoms with Crippen molar-refractivity contribution in [2.45, 2.75) is 31.8 Å². The summed E-state index contributed by atoms with van der Waals surface area (Å²) >= 11 is 0. The number of rotatable bonds is 7. The van der Waals surface area contributed by atoms with E-state index in [-0.39, 0.29) is 5.91 Å². The number of ether oxygens (including phenoxy) is 1. The molecule has 2 atom stereocenters. The fourth-order valence-corrected chi connectivity index (χ4v) is 3.58. The number of piperidine rings is 1. The zero-order valence-corrected chi connectivity index (χ0v) is 15.4. The van der Waals surface area contributed by atoms with Crippen LogP contribution in [0, 0.1) is 5.92 Å². The molecule has 1 aromatic heterocycles. The number of nitrogens with zero attached hydrogens (tertiary/aromatic N) is 3. The van der Waals surface area contributed by atoms with Gasteiger partial charge in [0.25, 0.3) is 0 Å². The van der Waals surface area contributed by atoms with Gasteiger partial charge < -0.3 is 19.9 Å². The molecule has 0 saturated carbocycles. The molecule has 1 saturated heterocycles. The van der Waals surface area contributed by atoms with Crippen molar-refractivity contribution >= 4 is 5.91 Å². The maximum absolute atomic E-state index is 12.7. The summed E-state index contributed by atoms with van der Waals surface area (Å²) in [5.74, 6) is 0.429. The molecule has 0 spiro atoms. The summed E-state index contributed by atoms with van der Waals surface area (Å²) in [5.41, 5.74) is 8.26. The highest BCUT2D eigenvalue weighted by molar-refractivity contribution is 5.82. The van der Waals surface area contributed by atoms with Gasteiger partial charge in [0.1, 0.15) is 0 Å². The van der Waals surface area contributed by atoms with Crippen LogP contribution < -0.4 is 5.73 Å². The van der Waals surface area contributed by atoms with Gasteiger partial charge in [0.15, 0.2) is 0 Å². The standard InChI is InChI=1S/C20H28N4O2/c1-26-14-17-8-5-9-24(12-17)20(25)19(21)10-18-13-23(15-22-18)11-16-6-3-2-4-7-16/h2-4,6-7,13,15,17,19H,5,8-12,14,21H2,1H3/t17?,19-/m0/s1. The molecule has 1 amide bonds. The van der Waals surface area contributed by atoms with Gasteiger partial charge in [-0.15, -0.1) is 0 Å². The van der Waals surface area contributed by atoms with Gasteiger partial charge >= 0.3 is 0 Å². The molecule has 6 nitrogen and oxygen atoms in total. The Labute approximate surface area is 155 Å². The largest absolute Gasteiger partial charge is 0.384 e. The number of hydrogen-bond donors (Lipinski definition) is 1. The Bertz CT molecular complexity index is 699. The van der Waals surface area contributed by atoms with Crippen LogP contribution in [0.4, 0.5) is 0 Å². The van der Waals surface area contributed by atoms with Crippen molar-refractivity contribution in [3.05, 3.63) is 54.1 Å². The molecule has 1 aromatic carbocycles. The van der Waals surface area contributed by atoms with E-state index in [2.05, 4.69) is 17.1 Å². The number of aromatic nitrogens is 2. The van der Waals surface area contributed by atoms with Crippen LogP contribution in [-0.2, 0) is 22.5 Å². The second kappa shape index (κ2) is 8.96. The molecule has 140 valence electrons. The fraction of sp³-hybridized carbons (Fsp3) is 0.500. The van der Waals surface area contributed by atoms with E-state index in [0.29, 0.717) is 18.9 Å². The van der Waals surface area contributed by atoms with Gasteiger partial charge in [0.2, 0.25) is 5.91 Å². The number of hydrogen-bond acceptors (Lipinski definition) is 4. The van der Waals surface area contributed by atoms with Gasteiger partial charge in [-0.25, -0.2) is 4.98 Å². The number of imidazole rings is 1. The van der Waals surface area contributed by atoms with Crippen molar-refractivity contribution in [1.29, 1.82) is 0 Å². The van der Waals surface area contributed by atoms with E-state index in [4.69, 9.17) is 10.5 Å². The second-order valence-corrected chi connectivity index (χ2v) is 7.08. The molecule has 1 unspecified atom stereocenters. The van der Waals surface area contributed by atoms with Crippen LogP contribution >= 0.6 is 0 Å². The Morgan fingerprint density at radius 2 is 2.19 bits per heavy atom. The highest BCUT2D eigenvalue weighted by Gasteiger charge is 2.27. The first-order valence-electron chi connectivity index (χ1n) is 9.23. The van der Waals surface area contributed by atoms with Crippen molar-refractivity contribution in [3.8, 4) is 0 Å². The zero-order chi connectivity index (χ0) is 18.4. The summed E-state index contributed by atoms with van der Waals surface area (Å²) in [6.07, 6.45) is 6.36. The van der Waals surface area contributed by atoms with Gasteiger partial charge in [0, 0.05) is 39.4 Å². The molecule has 26 heavy (non-hydrogen) atoms. The van der Waals surface area contributed by atoms with Crippen LogP contribution in [0.5, 0.6) is 0 Å². The first-order valence-corrected chi connectivity index (χ1v) is 9.23. The Morgan fingerprint density at radius 1 is 1.38 bits per heavy atom. The molecule has 1 aliphatic heterocycles. The molecule has 1 aliphatic rings. The quantitative estimate of drug-likeness (QED) is 0.819. The Hall–Kier alpha value is -2.18. The maximum Gasteiger partial charge on any atom is 0.239 e. The Kier molecular flexibility index (Phi) is 6.41. The van der Waals surface area contributed by atoms with Crippen molar-refractivity contribution in [1.82, 2.24) is 14.5 Å². The fourth-order valence-electron chi connectivity index (χ4n) is 3.58. The minimum atomic E-state index is -0.545. The van der Waals surface area contributed by atoms with E-state index in [9.17, 15) is 4.79 Å². The van der Waals surface area contributed by atoms with Crippen molar-refractivity contribution in [2.75, 3.05) is 26.8 Å². The van der Waals surface area contributed by atoms with E-state index in [1.165, 1.54) is 5.56 Å². The van der Waals surface area contributed by atoms with Crippen molar-refractivity contribution in [3.63, 3.8) is 0 Å². The lowest BCUT2D eigenvalue weighted by Crippen LogP contribution is -2.49. The molecule has 6 heteroatoms. The van der Waals surface area contributed by atoms with Crippen molar-refractivity contribution in [2.24, 2.45) is 11.7 Å². The first kappa shape index (κ1) is 18.6. The summed E-state index contributed by atoms with van der Waals surface area (Å²) in [6.45, 7) is 2.99. The molecule has 0 bridgehead atoms. The molecule has 1 fully saturated rings. The van der Waals surface area contributed by atoms with Crippen LogP contribution in [-0.4, -0.2) is 53.2 Å². The number of amides is 1. The Balaban J connectivity index is 1.54. The number of carbonyl (C=O) groups excluding carboxylic acids is 1. The van der Waals surface area contributed by atoms with Gasteiger partial charge in [-0.2, -0.15) is 0 Å². The van der Waals surface area contributed by atoms with E-state index in [1.54, 1.807) is 13.4 Å². The number of benzene rings is 1. The van der Waals surface area contributed by atoms with Crippen LogP contribution in [0.3, 0.4) is 0 Å². The third kappa shape index (κ3) is 4.93. The average molecular weight is 356 g/mol. The molecular weight excluding hydrogens is 328 g/mol. The normalized spacial score (nSPS) is 18.7. The minimum Gasteiger partial charge on any atom is -0.384 e. The zero-order valence-electron chi connectivity index (χ0n) is 15.4. The SMILES string of the molecule is COCC1CCCN(C(=O)[C@@H](N)Cc2cn(Cc3ccccc3)cn2)C1. The lowest BCUT2D eigenvalue weighted by atomic mass is 9.98. The van der Waals surface area contributed by atoms with Crippen LogP contribution in [0.1, 0.15) is 24.1 Å². The van der Waals surface area contributed by atoms with E-state index >= 15 is 0 Å². The highest BCUT2D eigenvalue weighted by Crippen LogP contribution is 2.17. The molecule has 0 radical (unpaired) electrons. The molecule has 3 rings (SSSR count). The number of methoxy groups -OCH3 is 1. The smallest absolute Gasteiger partial charge is 0.239 e. The summed E-state index contributed by atoms with van der Waals surface area (Å²) in [4.78, 5) is 19.0. The summed E-state index contributed by atoms with van der Waals surface area (Å²) in [7, 11) is 1.71. The molecule has 2 N–H and O–H groups in total. The van der Waals surface area contributed by atoms with Crippen LogP contribution in [0.15, 0.2) is 42.9 Å². The van der Waals surface area contributed by atoms with Gasteiger partial charge in [0.05, 0.1) is 24.7 Å². The first-order chi connectivity index (χ1) is 12.7. The minimum absolute atomic E-state index is 0.0170. The molecule has 2 aromatic rings. The molecular formula is C20H28N4O2. The maximum atomic E-state index is 12.7. The predicted molar refractivity (Wildman–Crippen MR) is 101 cm³/mol. The number of carbonyl (C=O) groups is 1. The average Bonchev–Trinajstić information content (AvgIpc) is 3.09. The van der Waals surface area contributed by atoms with E-state index in [0.717, 1.165) is 38.2 Å². The topological polar surface area (TPSA) is 73.4 Å². The van der Waals surface area contributed by atoms with E-state index in [1.807, 2.05) is 33.9 Å². The third-order valence-corrected chi connectivity index (χ3v) is 4.87.